The molecule has 0 radical (unpaired) electrons. The normalized spacial score (nSPS) is 14.2. The number of hydrogen-bond acceptors (Lipinski definition) is 4. The molecule has 2 aromatic carbocycles. The number of carbonyl (C=O) groups is 2. The summed E-state index contributed by atoms with van der Waals surface area (Å²) in [6.45, 7) is 1.64. The zero-order valence-electron chi connectivity index (χ0n) is 15.9. The van der Waals surface area contributed by atoms with E-state index in [0.29, 0.717) is 30.6 Å². The number of anilines is 2. The molecule has 1 aliphatic heterocycles. The van der Waals surface area contributed by atoms with E-state index in [-0.39, 0.29) is 17.3 Å². The van der Waals surface area contributed by atoms with Gasteiger partial charge in [0.05, 0.1) is 11.4 Å². The summed E-state index contributed by atoms with van der Waals surface area (Å²) >= 11 is 0. The van der Waals surface area contributed by atoms with Crippen LogP contribution < -0.4 is 10.6 Å². The summed E-state index contributed by atoms with van der Waals surface area (Å²) in [6, 6.07) is 11.9. The average Bonchev–Trinajstić information content (AvgIpc) is 2.83. The fourth-order valence-corrected chi connectivity index (χ4v) is 4.19. The highest BCUT2D eigenvalue weighted by Crippen LogP contribution is 2.26. The van der Waals surface area contributed by atoms with Crippen LogP contribution in [0.15, 0.2) is 47.4 Å². The Balaban J connectivity index is 1.73. The predicted octanol–water partition coefficient (Wildman–Crippen LogP) is 2.53. The molecule has 3 rings (SSSR count). The lowest BCUT2D eigenvalue weighted by Crippen LogP contribution is -2.35. The quantitative estimate of drug-likeness (QED) is 0.805. The molecular weight excluding hydrogens is 378 g/mol. The molecule has 0 saturated heterocycles. The lowest BCUT2D eigenvalue weighted by atomic mass is 10.1. The zero-order chi connectivity index (χ0) is 20.3. The molecule has 0 aromatic heterocycles. The molecule has 1 aliphatic rings. The maximum Gasteiger partial charge on any atom is 0.243 e. The van der Waals surface area contributed by atoms with Crippen LogP contribution >= 0.6 is 0 Å². The van der Waals surface area contributed by atoms with Gasteiger partial charge >= 0.3 is 0 Å². The van der Waals surface area contributed by atoms with Crippen LogP contribution in [0.1, 0.15) is 24.0 Å². The van der Waals surface area contributed by atoms with Gasteiger partial charge in [-0.25, -0.2) is 8.42 Å². The second-order valence-electron chi connectivity index (χ2n) is 6.90. The first-order valence-corrected chi connectivity index (χ1v) is 10.5. The molecule has 0 fully saturated rings. The number of aryl methyl sites for hydroxylation is 2. The summed E-state index contributed by atoms with van der Waals surface area (Å²) in [4.78, 5) is 24.0. The standard InChI is InChI=1S/C20H23N3O4S/c1-14-6-8-16(9-7-14)21-20(25)13-23(2)28(26,27)17-10-11-18-15(12-17)4-3-5-19(24)22-18/h6-12H,3-5,13H2,1-2H3,(H,21,25)(H,22,24). The third-order valence-corrected chi connectivity index (χ3v) is 6.41. The number of hydrogen-bond donors (Lipinski definition) is 2. The molecule has 0 bridgehead atoms. The van der Waals surface area contributed by atoms with E-state index in [4.69, 9.17) is 0 Å². The van der Waals surface area contributed by atoms with Crippen molar-refractivity contribution in [3.05, 3.63) is 53.6 Å². The molecule has 8 heteroatoms. The Morgan fingerprint density at radius 3 is 2.57 bits per heavy atom. The summed E-state index contributed by atoms with van der Waals surface area (Å²) in [7, 11) is -2.46. The lowest BCUT2D eigenvalue weighted by molar-refractivity contribution is -0.117. The highest BCUT2D eigenvalue weighted by molar-refractivity contribution is 7.89. The SMILES string of the molecule is Cc1ccc(NC(=O)CN(C)S(=O)(=O)c2ccc3c(c2)CCCC(=O)N3)cc1. The van der Waals surface area contributed by atoms with Crippen LogP contribution in [0.3, 0.4) is 0 Å². The van der Waals surface area contributed by atoms with E-state index >= 15 is 0 Å². The summed E-state index contributed by atoms with van der Waals surface area (Å²) in [5.41, 5.74) is 3.10. The predicted molar refractivity (Wildman–Crippen MR) is 108 cm³/mol. The maximum atomic E-state index is 12.9. The van der Waals surface area contributed by atoms with Gasteiger partial charge in [-0.05, 0) is 55.7 Å². The molecular formula is C20H23N3O4S. The molecule has 0 atom stereocenters. The third-order valence-electron chi connectivity index (χ3n) is 4.61. The van der Waals surface area contributed by atoms with Crippen molar-refractivity contribution in [1.82, 2.24) is 4.31 Å². The Labute approximate surface area is 164 Å². The van der Waals surface area contributed by atoms with E-state index in [2.05, 4.69) is 10.6 Å². The van der Waals surface area contributed by atoms with Gasteiger partial charge in [0.2, 0.25) is 21.8 Å². The van der Waals surface area contributed by atoms with Crippen molar-refractivity contribution in [2.45, 2.75) is 31.1 Å². The van der Waals surface area contributed by atoms with Gasteiger partial charge in [0.25, 0.3) is 0 Å². The van der Waals surface area contributed by atoms with Gasteiger partial charge in [-0.15, -0.1) is 0 Å². The number of nitrogens with zero attached hydrogens (tertiary/aromatic N) is 1. The molecule has 7 nitrogen and oxygen atoms in total. The Hall–Kier alpha value is -2.71. The maximum absolute atomic E-state index is 12.9. The Bertz CT molecular complexity index is 1000. The summed E-state index contributed by atoms with van der Waals surface area (Å²) in [6.07, 6.45) is 1.70. The van der Waals surface area contributed by atoms with Crippen molar-refractivity contribution < 1.29 is 18.0 Å². The monoisotopic (exact) mass is 401 g/mol. The van der Waals surface area contributed by atoms with E-state index in [1.165, 1.54) is 13.1 Å². The Kier molecular flexibility index (Phi) is 5.81. The fraction of sp³-hybridized carbons (Fsp3) is 0.300. The molecule has 28 heavy (non-hydrogen) atoms. The molecule has 2 aromatic rings. The molecule has 0 unspecified atom stereocenters. The van der Waals surface area contributed by atoms with Crippen LogP contribution in [-0.2, 0) is 26.0 Å². The number of fused-ring (bicyclic) bond motifs is 1. The van der Waals surface area contributed by atoms with E-state index < -0.39 is 15.9 Å². The Morgan fingerprint density at radius 2 is 1.86 bits per heavy atom. The van der Waals surface area contributed by atoms with Crippen molar-refractivity contribution in [2.75, 3.05) is 24.2 Å². The van der Waals surface area contributed by atoms with E-state index in [0.717, 1.165) is 15.4 Å². The van der Waals surface area contributed by atoms with Crippen LogP contribution in [0, 0.1) is 6.92 Å². The number of carbonyl (C=O) groups excluding carboxylic acids is 2. The largest absolute Gasteiger partial charge is 0.326 e. The van der Waals surface area contributed by atoms with Gasteiger partial charge in [-0.2, -0.15) is 4.31 Å². The zero-order valence-corrected chi connectivity index (χ0v) is 16.7. The van der Waals surface area contributed by atoms with Crippen LogP contribution in [0.25, 0.3) is 0 Å². The van der Waals surface area contributed by atoms with E-state index in [9.17, 15) is 18.0 Å². The smallest absolute Gasteiger partial charge is 0.243 e. The van der Waals surface area contributed by atoms with Crippen LogP contribution in [0.2, 0.25) is 0 Å². The molecule has 0 saturated carbocycles. The molecule has 148 valence electrons. The molecule has 2 N–H and O–H groups in total. The van der Waals surface area contributed by atoms with E-state index in [1.54, 1.807) is 24.3 Å². The first-order valence-electron chi connectivity index (χ1n) is 9.01. The van der Waals surface area contributed by atoms with Gasteiger partial charge in [-0.3, -0.25) is 9.59 Å². The first-order chi connectivity index (χ1) is 13.3. The average molecular weight is 401 g/mol. The number of amides is 2. The highest BCUT2D eigenvalue weighted by atomic mass is 32.2. The van der Waals surface area contributed by atoms with Crippen molar-refractivity contribution in [1.29, 1.82) is 0 Å². The molecule has 0 spiro atoms. The minimum Gasteiger partial charge on any atom is -0.326 e. The molecule has 1 heterocycles. The van der Waals surface area contributed by atoms with Gasteiger partial charge < -0.3 is 10.6 Å². The third kappa shape index (κ3) is 4.58. The second kappa shape index (κ2) is 8.12. The van der Waals surface area contributed by atoms with Crippen LogP contribution in [-0.4, -0.2) is 38.1 Å². The number of sulfonamides is 1. The summed E-state index contributed by atoms with van der Waals surface area (Å²) in [5, 5.41) is 5.48. The number of rotatable bonds is 5. The van der Waals surface area contributed by atoms with Crippen molar-refractivity contribution in [3.63, 3.8) is 0 Å². The van der Waals surface area contributed by atoms with Gasteiger partial charge in [-0.1, -0.05) is 17.7 Å². The molecule has 0 aliphatic carbocycles. The topological polar surface area (TPSA) is 95.6 Å². The highest BCUT2D eigenvalue weighted by Gasteiger charge is 2.25. The summed E-state index contributed by atoms with van der Waals surface area (Å²) in [5.74, 6) is -0.490. The number of benzene rings is 2. The second-order valence-corrected chi connectivity index (χ2v) is 8.94. The van der Waals surface area contributed by atoms with Crippen molar-refractivity contribution >= 4 is 33.2 Å². The summed E-state index contributed by atoms with van der Waals surface area (Å²) < 4.78 is 26.7. The first kappa shape index (κ1) is 20.0. The molecule has 2 amide bonds. The minimum atomic E-state index is -3.83. The van der Waals surface area contributed by atoms with Gasteiger partial charge in [0.15, 0.2) is 0 Å². The van der Waals surface area contributed by atoms with E-state index in [1.807, 2.05) is 19.1 Å². The van der Waals surface area contributed by atoms with Crippen LogP contribution in [0.4, 0.5) is 11.4 Å². The lowest BCUT2D eigenvalue weighted by Gasteiger charge is -2.18. The van der Waals surface area contributed by atoms with Gasteiger partial charge in [0, 0.05) is 24.8 Å². The fourth-order valence-electron chi connectivity index (χ4n) is 3.02. The van der Waals surface area contributed by atoms with Gasteiger partial charge in [0.1, 0.15) is 0 Å². The van der Waals surface area contributed by atoms with Crippen molar-refractivity contribution in [3.8, 4) is 0 Å². The number of nitrogens with one attached hydrogen (secondary N) is 2. The Morgan fingerprint density at radius 1 is 1.14 bits per heavy atom. The number of likely N-dealkylation sites (N-methyl/N-ethyl adjacent to an activating group) is 1. The van der Waals surface area contributed by atoms with Crippen LogP contribution in [0.5, 0.6) is 0 Å². The van der Waals surface area contributed by atoms with Crippen molar-refractivity contribution in [2.24, 2.45) is 0 Å². The minimum absolute atomic E-state index is 0.0701.